The van der Waals surface area contributed by atoms with Gasteiger partial charge in [-0.25, -0.2) is 0 Å². The molecule has 2 nitrogen and oxygen atoms in total. The van der Waals surface area contributed by atoms with E-state index in [9.17, 15) is 0 Å². The van der Waals surface area contributed by atoms with Crippen LogP contribution in [0.4, 0.5) is 0 Å². The van der Waals surface area contributed by atoms with E-state index in [-0.39, 0.29) is 0 Å². The zero-order valence-corrected chi connectivity index (χ0v) is 12.5. The standard InChI is InChI=1S/C15H24N2S/c1-17(2)15(14-6-4-5-11-16-14)12-7-9-13(18-3)10-8-12/h7-10,14-16H,4-6,11H2,1-3H3. The molecular formula is C15H24N2S. The number of hydrogen-bond donors (Lipinski definition) is 1. The number of likely N-dealkylation sites (N-methyl/N-ethyl adjacent to an activating group) is 1. The molecule has 1 heterocycles. The van der Waals surface area contributed by atoms with Gasteiger partial charge in [0, 0.05) is 17.0 Å². The Labute approximate surface area is 115 Å². The molecule has 0 spiro atoms. The first-order valence-corrected chi connectivity index (χ1v) is 7.98. The second-order valence-corrected chi connectivity index (χ2v) is 6.12. The van der Waals surface area contributed by atoms with Crippen molar-refractivity contribution < 1.29 is 0 Å². The molecule has 1 aliphatic rings. The summed E-state index contributed by atoms with van der Waals surface area (Å²) < 4.78 is 0. The van der Waals surface area contributed by atoms with Gasteiger partial charge in [-0.2, -0.15) is 0 Å². The van der Waals surface area contributed by atoms with E-state index >= 15 is 0 Å². The summed E-state index contributed by atoms with van der Waals surface area (Å²) in [6.07, 6.45) is 6.08. The lowest BCUT2D eigenvalue weighted by Crippen LogP contribution is -2.44. The lowest BCUT2D eigenvalue weighted by molar-refractivity contribution is 0.205. The molecule has 0 aliphatic carbocycles. The highest BCUT2D eigenvalue weighted by molar-refractivity contribution is 7.98. The normalized spacial score (nSPS) is 22.1. The van der Waals surface area contributed by atoms with E-state index in [0.717, 1.165) is 6.54 Å². The van der Waals surface area contributed by atoms with Crippen LogP contribution in [-0.4, -0.2) is 37.8 Å². The van der Waals surface area contributed by atoms with Gasteiger partial charge < -0.3 is 10.2 Å². The van der Waals surface area contributed by atoms with Crippen molar-refractivity contribution >= 4 is 11.8 Å². The molecule has 1 fully saturated rings. The molecule has 1 aromatic rings. The summed E-state index contributed by atoms with van der Waals surface area (Å²) in [6.45, 7) is 1.16. The van der Waals surface area contributed by atoms with Crippen LogP contribution in [0.15, 0.2) is 29.2 Å². The van der Waals surface area contributed by atoms with E-state index in [1.807, 2.05) is 0 Å². The van der Waals surface area contributed by atoms with Gasteiger partial charge in [-0.05, 0) is 57.4 Å². The molecule has 1 N–H and O–H groups in total. The van der Waals surface area contributed by atoms with E-state index in [4.69, 9.17) is 0 Å². The van der Waals surface area contributed by atoms with Crippen LogP contribution in [-0.2, 0) is 0 Å². The minimum Gasteiger partial charge on any atom is -0.312 e. The van der Waals surface area contributed by atoms with Crippen LogP contribution in [0.5, 0.6) is 0 Å². The van der Waals surface area contributed by atoms with Crippen LogP contribution >= 0.6 is 11.8 Å². The van der Waals surface area contributed by atoms with Crippen molar-refractivity contribution in [2.45, 2.75) is 36.2 Å². The SMILES string of the molecule is CSc1ccc(C(C2CCCCN2)N(C)C)cc1. The number of thioether (sulfide) groups is 1. The molecule has 100 valence electrons. The van der Waals surface area contributed by atoms with Gasteiger partial charge in [0.25, 0.3) is 0 Å². The van der Waals surface area contributed by atoms with E-state index < -0.39 is 0 Å². The first-order valence-electron chi connectivity index (χ1n) is 6.76. The third-order valence-corrected chi connectivity index (χ3v) is 4.49. The second-order valence-electron chi connectivity index (χ2n) is 5.24. The van der Waals surface area contributed by atoms with Gasteiger partial charge in [-0.3, -0.25) is 0 Å². The molecule has 0 saturated carbocycles. The number of rotatable bonds is 4. The smallest absolute Gasteiger partial charge is 0.0495 e. The predicted octanol–water partition coefficient (Wildman–Crippen LogP) is 3.15. The molecule has 3 heteroatoms. The van der Waals surface area contributed by atoms with Crippen molar-refractivity contribution in [3.8, 4) is 0 Å². The third-order valence-electron chi connectivity index (χ3n) is 3.74. The number of hydrogen-bond acceptors (Lipinski definition) is 3. The van der Waals surface area contributed by atoms with Crippen LogP contribution in [0, 0.1) is 0 Å². The Balaban J connectivity index is 2.17. The van der Waals surface area contributed by atoms with Gasteiger partial charge in [-0.15, -0.1) is 11.8 Å². The molecule has 0 bridgehead atoms. The van der Waals surface area contributed by atoms with Crippen LogP contribution in [0.1, 0.15) is 30.9 Å². The number of benzene rings is 1. The lowest BCUT2D eigenvalue weighted by atomic mass is 9.92. The van der Waals surface area contributed by atoms with Gasteiger partial charge >= 0.3 is 0 Å². The maximum atomic E-state index is 3.68. The fourth-order valence-corrected chi connectivity index (χ4v) is 3.25. The summed E-state index contributed by atoms with van der Waals surface area (Å²) in [6, 6.07) is 10.1. The van der Waals surface area contributed by atoms with Crippen molar-refractivity contribution in [3.05, 3.63) is 29.8 Å². The van der Waals surface area contributed by atoms with E-state index in [1.54, 1.807) is 11.8 Å². The van der Waals surface area contributed by atoms with Gasteiger partial charge in [0.2, 0.25) is 0 Å². The molecule has 0 amide bonds. The Bertz CT molecular complexity index is 355. The highest BCUT2D eigenvalue weighted by Gasteiger charge is 2.26. The van der Waals surface area contributed by atoms with Gasteiger partial charge in [0.1, 0.15) is 0 Å². The quantitative estimate of drug-likeness (QED) is 0.841. The first-order chi connectivity index (χ1) is 8.72. The Kier molecular flexibility index (Phi) is 5.10. The van der Waals surface area contributed by atoms with E-state index in [1.165, 1.54) is 29.7 Å². The van der Waals surface area contributed by atoms with Gasteiger partial charge in [0.15, 0.2) is 0 Å². The van der Waals surface area contributed by atoms with E-state index in [2.05, 4.69) is 54.8 Å². The molecule has 1 aliphatic heterocycles. The van der Waals surface area contributed by atoms with Crippen molar-refractivity contribution in [1.29, 1.82) is 0 Å². The number of nitrogens with one attached hydrogen (secondary N) is 1. The highest BCUT2D eigenvalue weighted by atomic mass is 32.2. The molecular weight excluding hydrogens is 240 g/mol. The molecule has 2 rings (SSSR count). The summed E-state index contributed by atoms with van der Waals surface area (Å²) in [5, 5.41) is 3.68. The topological polar surface area (TPSA) is 15.3 Å². The zero-order valence-electron chi connectivity index (χ0n) is 11.6. The van der Waals surface area contributed by atoms with Crippen molar-refractivity contribution in [1.82, 2.24) is 10.2 Å². The highest BCUT2D eigenvalue weighted by Crippen LogP contribution is 2.28. The third kappa shape index (κ3) is 3.28. The Morgan fingerprint density at radius 2 is 1.94 bits per heavy atom. The molecule has 0 aromatic heterocycles. The fraction of sp³-hybridized carbons (Fsp3) is 0.600. The molecule has 2 atom stereocenters. The molecule has 18 heavy (non-hydrogen) atoms. The minimum atomic E-state index is 0.487. The molecule has 2 unspecified atom stereocenters. The van der Waals surface area contributed by atoms with Crippen LogP contribution in [0.25, 0.3) is 0 Å². The van der Waals surface area contributed by atoms with Gasteiger partial charge in [0.05, 0.1) is 0 Å². The van der Waals surface area contributed by atoms with Crippen molar-refractivity contribution in [3.63, 3.8) is 0 Å². The summed E-state index contributed by atoms with van der Waals surface area (Å²) >= 11 is 1.80. The largest absolute Gasteiger partial charge is 0.312 e. The Morgan fingerprint density at radius 3 is 2.44 bits per heavy atom. The average Bonchev–Trinajstić information content (AvgIpc) is 2.40. The summed E-state index contributed by atoms with van der Waals surface area (Å²) in [5.41, 5.74) is 1.43. The van der Waals surface area contributed by atoms with Gasteiger partial charge in [-0.1, -0.05) is 18.6 Å². The second kappa shape index (κ2) is 6.60. The molecule has 1 aromatic carbocycles. The fourth-order valence-electron chi connectivity index (χ4n) is 2.84. The monoisotopic (exact) mass is 264 g/mol. The summed E-state index contributed by atoms with van der Waals surface area (Å²) in [5.74, 6) is 0. The number of nitrogens with zero attached hydrogens (tertiary/aromatic N) is 1. The lowest BCUT2D eigenvalue weighted by Gasteiger charge is -2.36. The van der Waals surface area contributed by atoms with Crippen LogP contribution in [0.2, 0.25) is 0 Å². The average molecular weight is 264 g/mol. The minimum absolute atomic E-state index is 0.487. The maximum absolute atomic E-state index is 3.68. The molecule has 0 radical (unpaired) electrons. The zero-order chi connectivity index (χ0) is 13.0. The van der Waals surface area contributed by atoms with Crippen molar-refractivity contribution in [2.24, 2.45) is 0 Å². The van der Waals surface area contributed by atoms with E-state index in [0.29, 0.717) is 12.1 Å². The Morgan fingerprint density at radius 1 is 1.22 bits per heavy atom. The number of piperidine rings is 1. The first kappa shape index (κ1) is 13.9. The summed E-state index contributed by atoms with van der Waals surface area (Å²) in [4.78, 5) is 3.68. The van der Waals surface area contributed by atoms with Crippen LogP contribution < -0.4 is 5.32 Å². The Hall–Kier alpha value is -0.510. The maximum Gasteiger partial charge on any atom is 0.0495 e. The van der Waals surface area contributed by atoms with Crippen LogP contribution in [0.3, 0.4) is 0 Å². The van der Waals surface area contributed by atoms with Crippen molar-refractivity contribution in [2.75, 3.05) is 26.9 Å². The molecule has 1 saturated heterocycles. The predicted molar refractivity (Wildman–Crippen MR) is 80.3 cm³/mol. The summed E-state index contributed by atoms with van der Waals surface area (Å²) in [7, 11) is 4.37.